The van der Waals surface area contributed by atoms with Crippen molar-refractivity contribution >= 4 is 17.6 Å². The number of aromatic nitrogens is 2. The number of carboxylic acid groups (broad SMARTS) is 1. The Kier molecular flexibility index (Phi) is 7.79. The van der Waals surface area contributed by atoms with Crippen LogP contribution in [0.15, 0.2) is 60.7 Å². The van der Waals surface area contributed by atoms with Crippen molar-refractivity contribution in [3.05, 3.63) is 99.7 Å². The van der Waals surface area contributed by atoms with Crippen LogP contribution in [-0.2, 0) is 23.6 Å². The van der Waals surface area contributed by atoms with Crippen molar-refractivity contribution < 1.29 is 28.5 Å². The van der Waals surface area contributed by atoms with E-state index in [1.807, 2.05) is 25.1 Å². The van der Waals surface area contributed by atoms with Crippen LogP contribution >= 0.6 is 11.6 Å². The molecule has 0 amide bonds. The fourth-order valence-electron chi connectivity index (χ4n) is 6.70. The average molecular weight is 632 g/mol. The van der Waals surface area contributed by atoms with E-state index in [1.165, 1.54) is 6.07 Å². The molecule has 1 aromatic heterocycles. The number of imidazole rings is 1. The molecule has 3 aliphatic heterocycles. The van der Waals surface area contributed by atoms with Gasteiger partial charge in [-0.25, -0.2) is 14.2 Å². The molecular formula is C35H35ClFN3O5. The zero-order chi connectivity index (χ0) is 31.3. The first-order chi connectivity index (χ1) is 21.7. The number of fused-ring (bicyclic) bond motifs is 1. The molecule has 234 valence electrons. The van der Waals surface area contributed by atoms with Crippen LogP contribution in [0.3, 0.4) is 0 Å². The summed E-state index contributed by atoms with van der Waals surface area (Å²) in [6, 6.07) is 17.4. The summed E-state index contributed by atoms with van der Waals surface area (Å²) in [6.07, 6.45) is 3.02. The lowest BCUT2D eigenvalue weighted by Gasteiger charge is -2.33. The van der Waals surface area contributed by atoms with Gasteiger partial charge in [0.1, 0.15) is 11.6 Å². The number of benzene rings is 3. The summed E-state index contributed by atoms with van der Waals surface area (Å²) in [5.41, 5.74) is 4.23. The summed E-state index contributed by atoms with van der Waals surface area (Å²) in [4.78, 5) is 19.1. The third kappa shape index (κ3) is 5.69. The van der Waals surface area contributed by atoms with Crippen molar-refractivity contribution in [1.82, 2.24) is 14.5 Å². The number of hydrogen-bond donors (Lipinski definition) is 1. The van der Waals surface area contributed by atoms with E-state index in [0.717, 1.165) is 73.8 Å². The molecule has 4 aromatic rings. The van der Waals surface area contributed by atoms with Crippen LogP contribution in [0.1, 0.15) is 65.1 Å². The molecule has 3 aromatic carbocycles. The molecule has 3 aliphatic rings. The van der Waals surface area contributed by atoms with Gasteiger partial charge in [-0.2, -0.15) is 0 Å². The minimum Gasteiger partial charge on any atom is -0.478 e. The largest absolute Gasteiger partial charge is 0.478 e. The van der Waals surface area contributed by atoms with Gasteiger partial charge in [0.25, 0.3) is 5.79 Å². The third-order valence-electron chi connectivity index (χ3n) is 9.29. The van der Waals surface area contributed by atoms with Gasteiger partial charge in [-0.3, -0.25) is 4.90 Å². The van der Waals surface area contributed by atoms with Crippen LogP contribution in [0, 0.1) is 12.7 Å². The van der Waals surface area contributed by atoms with Crippen LogP contribution in [0.2, 0.25) is 5.02 Å². The quantitative estimate of drug-likeness (QED) is 0.221. The number of carboxylic acids is 1. The van der Waals surface area contributed by atoms with Crippen molar-refractivity contribution in [1.29, 1.82) is 0 Å². The first-order valence-corrected chi connectivity index (χ1v) is 15.8. The Bertz CT molecular complexity index is 1760. The van der Waals surface area contributed by atoms with Crippen molar-refractivity contribution in [2.24, 2.45) is 0 Å². The highest BCUT2D eigenvalue weighted by molar-refractivity contribution is 6.30. The second-order valence-corrected chi connectivity index (χ2v) is 12.7. The van der Waals surface area contributed by atoms with Crippen LogP contribution in [0.25, 0.3) is 11.3 Å². The summed E-state index contributed by atoms with van der Waals surface area (Å²) >= 11 is 5.98. The second-order valence-electron chi connectivity index (χ2n) is 12.2. The van der Waals surface area contributed by atoms with E-state index < -0.39 is 17.6 Å². The van der Waals surface area contributed by atoms with Gasteiger partial charge in [-0.1, -0.05) is 35.9 Å². The monoisotopic (exact) mass is 631 g/mol. The normalized spacial score (nSPS) is 21.6. The van der Waals surface area contributed by atoms with Crippen LogP contribution in [0.5, 0.6) is 11.5 Å². The van der Waals surface area contributed by atoms with E-state index in [2.05, 4.69) is 15.5 Å². The first-order valence-electron chi connectivity index (χ1n) is 15.4. The molecule has 8 nitrogen and oxygen atoms in total. The average Bonchev–Trinajstić information content (AvgIpc) is 3.51. The maximum absolute atomic E-state index is 14.9. The van der Waals surface area contributed by atoms with Gasteiger partial charge in [0.2, 0.25) is 0 Å². The van der Waals surface area contributed by atoms with Crippen molar-refractivity contribution in [3.8, 4) is 22.8 Å². The van der Waals surface area contributed by atoms with E-state index in [9.17, 15) is 14.3 Å². The summed E-state index contributed by atoms with van der Waals surface area (Å²) < 4.78 is 35.4. The molecule has 45 heavy (non-hydrogen) atoms. The highest BCUT2D eigenvalue weighted by Gasteiger charge is 2.43. The predicted octanol–water partition coefficient (Wildman–Crippen LogP) is 7.16. The van der Waals surface area contributed by atoms with Crippen molar-refractivity contribution in [2.45, 2.75) is 64.0 Å². The van der Waals surface area contributed by atoms with Gasteiger partial charge in [0, 0.05) is 35.4 Å². The molecule has 0 unspecified atom stereocenters. The third-order valence-corrected chi connectivity index (χ3v) is 9.52. The Morgan fingerprint density at radius 2 is 1.87 bits per heavy atom. The van der Waals surface area contributed by atoms with E-state index in [-0.39, 0.29) is 17.6 Å². The lowest BCUT2D eigenvalue weighted by atomic mass is 9.88. The molecule has 2 atom stereocenters. The molecule has 0 bridgehead atoms. The highest BCUT2D eigenvalue weighted by atomic mass is 35.5. The minimum absolute atomic E-state index is 0.162. The molecule has 0 spiro atoms. The first kappa shape index (κ1) is 29.8. The van der Waals surface area contributed by atoms with E-state index in [1.54, 1.807) is 37.3 Å². The number of piperidine rings is 1. The smallest absolute Gasteiger partial charge is 0.335 e. The number of ether oxygens (including phenoxy) is 3. The van der Waals surface area contributed by atoms with Gasteiger partial charge in [0.15, 0.2) is 11.5 Å². The lowest BCUT2D eigenvalue weighted by molar-refractivity contribution is -0.0712. The molecule has 1 N–H and O–H groups in total. The fourth-order valence-corrected chi connectivity index (χ4v) is 6.86. The van der Waals surface area contributed by atoms with Crippen molar-refractivity contribution in [3.63, 3.8) is 0 Å². The Hall–Kier alpha value is -3.92. The van der Waals surface area contributed by atoms with Crippen molar-refractivity contribution in [2.75, 3.05) is 19.7 Å². The van der Waals surface area contributed by atoms with E-state index in [0.29, 0.717) is 28.6 Å². The summed E-state index contributed by atoms with van der Waals surface area (Å²) in [5, 5.41) is 9.85. The zero-order valence-corrected chi connectivity index (χ0v) is 26.0. The lowest BCUT2D eigenvalue weighted by Crippen LogP contribution is -2.35. The number of aromatic carboxylic acids is 1. The number of hydrogen-bond acceptors (Lipinski definition) is 6. The SMILES string of the molecule is Cc1c(-c2cccc(C(=O)O)c2)nc(CN2CCC(c3cccc4c3O[C@@](C)(c3ccc(Cl)cc3F)O4)CC2)n1C[C@@H]1CCO1. The van der Waals surface area contributed by atoms with E-state index in [4.69, 9.17) is 30.8 Å². The van der Waals surface area contributed by atoms with Gasteiger partial charge < -0.3 is 23.9 Å². The van der Waals surface area contributed by atoms with Gasteiger partial charge in [-0.15, -0.1) is 0 Å². The van der Waals surface area contributed by atoms with Gasteiger partial charge in [-0.05, 0) is 81.6 Å². The fraction of sp³-hybridized carbons (Fsp3) is 0.371. The number of likely N-dealkylation sites (tertiary alicyclic amines) is 1. The molecule has 0 saturated carbocycles. The minimum atomic E-state index is -1.28. The Morgan fingerprint density at radius 3 is 2.58 bits per heavy atom. The molecule has 10 heteroatoms. The summed E-state index contributed by atoms with van der Waals surface area (Å²) in [6.45, 7) is 7.70. The maximum Gasteiger partial charge on any atom is 0.335 e. The molecule has 4 heterocycles. The summed E-state index contributed by atoms with van der Waals surface area (Å²) in [5.74, 6) is -0.207. The highest BCUT2D eigenvalue weighted by Crippen LogP contribution is 2.50. The maximum atomic E-state index is 14.9. The zero-order valence-electron chi connectivity index (χ0n) is 25.3. The Labute approximate surface area is 266 Å². The predicted molar refractivity (Wildman–Crippen MR) is 167 cm³/mol. The van der Waals surface area contributed by atoms with Gasteiger partial charge in [0.05, 0.1) is 36.0 Å². The second kappa shape index (κ2) is 11.8. The molecule has 0 aliphatic carbocycles. The number of halogens is 2. The molecule has 7 rings (SSSR count). The number of nitrogens with zero attached hydrogens (tertiary/aromatic N) is 3. The Morgan fingerprint density at radius 1 is 1.09 bits per heavy atom. The topological polar surface area (TPSA) is 86.0 Å². The van der Waals surface area contributed by atoms with E-state index >= 15 is 0 Å². The molecule has 0 radical (unpaired) electrons. The molecule has 2 fully saturated rings. The summed E-state index contributed by atoms with van der Waals surface area (Å²) in [7, 11) is 0. The standard InChI is InChI=1S/C35H35ClFN3O5/c1-21-32(23-5-3-6-24(17-23)34(41)42)38-31(40(21)19-26-13-16-43-26)20-39-14-11-22(12-15-39)27-7-4-8-30-33(27)45-35(2,44-30)28-10-9-25(36)18-29(28)37/h3-10,17-18,22,26H,11-16,19-20H2,1-2H3,(H,41,42)/t26-,35-/m0/s1. The van der Waals surface area contributed by atoms with Crippen LogP contribution in [-0.4, -0.2) is 51.3 Å². The van der Waals surface area contributed by atoms with Crippen LogP contribution < -0.4 is 9.47 Å². The Balaban J connectivity index is 1.08. The number of carbonyl (C=O) groups is 1. The molecule has 2 saturated heterocycles. The molecular weight excluding hydrogens is 597 g/mol. The number of rotatable bonds is 8. The van der Waals surface area contributed by atoms with Crippen LogP contribution in [0.4, 0.5) is 4.39 Å². The van der Waals surface area contributed by atoms with Gasteiger partial charge >= 0.3 is 5.97 Å². The number of para-hydroxylation sites is 1.